The lowest BCUT2D eigenvalue weighted by Crippen LogP contribution is -2.44. The minimum absolute atomic E-state index is 0.133. The van der Waals surface area contributed by atoms with Gasteiger partial charge < -0.3 is 21.3 Å². The van der Waals surface area contributed by atoms with Crippen molar-refractivity contribution in [1.82, 2.24) is 15.6 Å². The van der Waals surface area contributed by atoms with Crippen LogP contribution < -0.4 is 26.6 Å². The Balaban J connectivity index is 1.38. The standard InChI is InChI=1S/C21H26N5OPS/c1-13-2-4-15-18(22)19(29-21(15)25-13)20(27)24-7-6-14-3-5-16(17(28)12-14)26-10-8-23-9-11-26/h2-5,12,23H,6-11,22,28H2,1H3,(H,24,27). The zero-order chi connectivity index (χ0) is 20.4. The summed E-state index contributed by atoms with van der Waals surface area (Å²) in [5.41, 5.74) is 10.1. The highest BCUT2D eigenvalue weighted by molar-refractivity contribution is 7.28. The molecule has 2 aromatic heterocycles. The first-order chi connectivity index (χ1) is 14.0. The van der Waals surface area contributed by atoms with Crippen molar-refractivity contribution < 1.29 is 4.79 Å². The van der Waals surface area contributed by atoms with Gasteiger partial charge in [-0.25, -0.2) is 4.98 Å². The molecule has 3 heterocycles. The fourth-order valence-electron chi connectivity index (χ4n) is 3.61. The van der Waals surface area contributed by atoms with Gasteiger partial charge >= 0.3 is 0 Å². The van der Waals surface area contributed by atoms with E-state index in [0.29, 0.717) is 17.1 Å². The van der Waals surface area contributed by atoms with Crippen LogP contribution in [0.4, 0.5) is 11.4 Å². The topological polar surface area (TPSA) is 83.3 Å². The summed E-state index contributed by atoms with van der Waals surface area (Å²) in [4.78, 5) is 20.8. The molecule has 1 aliphatic rings. The molecule has 8 heteroatoms. The molecule has 1 atom stereocenters. The van der Waals surface area contributed by atoms with Gasteiger partial charge in [0.2, 0.25) is 0 Å². The van der Waals surface area contributed by atoms with Gasteiger partial charge in [-0.05, 0) is 48.5 Å². The number of anilines is 2. The van der Waals surface area contributed by atoms with Crippen LogP contribution >= 0.6 is 20.6 Å². The average Bonchev–Trinajstić information content (AvgIpc) is 3.04. The highest BCUT2D eigenvalue weighted by Crippen LogP contribution is 2.32. The Morgan fingerprint density at radius 2 is 2.10 bits per heavy atom. The second-order valence-electron chi connectivity index (χ2n) is 7.29. The summed E-state index contributed by atoms with van der Waals surface area (Å²) in [6.07, 6.45) is 0.775. The number of nitrogens with zero attached hydrogens (tertiary/aromatic N) is 2. The molecule has 1 unspecified atom stereocenters. The molecule has 152 valence electrons. The van der Waals surface area contributed by atoms with Crippen molar-refractivity contribution in [1.29, 1.82) is 0 Å². The van der Waals surface area contributed by atoms with Crippen LogP contribution in [-0.4, -0.2) is 43.6 Å². The number of pyridine rings is 1. The number of piperazine rings is 1. The molecule has 4 N–H and O–H groups in total. The maximum atomic E-state index is 12.6. The van der Waals surface area contributed by atoms with Gasteiger partial charge in [-0.3, -0.25) is 4.79 Å². The third kappa shape index (κ3) is 4.37. The number of nitrogens with two attached hydrogens (primary N) is 1. The molecule has 0 radical (unpaired) electrons. The number of aromatic nitrogens is 1. The van der Waals surface area contributed by atoms with E-state index in [-0.39, 0.29) is 5.91 Å². The van der Waals surface area contributed by atoms with Crippen LogP contribution in [0.5, 0.6) is 0 Å². The number of hydrogen-bond donors (Lipinski definition) is 3. The second kappa shape index (κ2) is 8.66. The SMILES string of the molecule is Cc1ccc2c(N)c(C(=O)NCCc3ccc(N4CCNCC4)c(P)c3)sc2n1. The van der Waals surface area contributed by atoms with Crippen LogP contribution in [-0.2, 0) is 6.42 Å². The summed E-state index contributed by atoms with van der Waals surface area (Å²) in [6, 6.07) is 10.4. The van der Waals surface area contributed by atoms with Crippen molar-refractivity contribution in [2.45, 2.75) is 13.3 Å². The monoisotopic (exact) mass is 427 g/mol. The van der Waals surface area contributed by atoms with Gasteiger partial charge in [0.05, 0.1) is 5.69 Å². The fraction of sp³-hybridized carbons (Fsp3) is 0.333. The van der Waals surface area contributed by atoms with E-state index >= 15 is 0 Å². The lowest BCUT2D eigenvalue weighted by atomic mass is 10.1. The van der Waals surface area contributed by atoms with Crippen molar-refractivity contribution in [3.05, 3.63) is 46.5 Å². The molecule has 1 aromatic carbocycles. The molecule has 0 bridgehead atoms. The van der Waals surface area contributed by atoms with E-state index in [1.165, 1.54) is 27.9 Å². The maximum absolute atomic E-state index is 12.6. The zero-order valence-electron chi connectivity index (χ0n) is 16.5. The van der Waals surface area contributed by atoms with E-state index in [1.807, 2.05) is 19.1 Å². The Labute approximate surface area is 177 Å². The van der Waals surface area contributed by atoms with Crippen LogP contribution in [0.1, 0.15) is 20.9 Å². The number of carbonyl (C=O) groups excluding carboxylic acids is 1. The third-order valence-electron chi connectivity index (χ3n) is 5.19. The summed E-state index contributed by atoms with van der Waals surface area (Å²) < 4.78 is 0. The van der Waals surface area contributed by atoms with Crippen molar-refractivity contribution in [3.8, 4) is 0 Å². The van der Waals surface area contributed by atoms with E-state index in [2.05, 4.69) is 48.0 Å². The van der Waals surface area contributed by atoms with Gasteiger partial charge in [0.25, 0.3) is 5.91 Å². The van der Waals surface area contributed by atoms with E-state index in [1.54, 1.807) is 0 Å². The Hall–Kier alpha value is -2.21. The van der Waals surface area contributed by atoms with Crippen molar-refractivity contribution in [2.24, 2.45) is 0 Å². The lowest BCUT2D eigenvalue weighted by molar-refractivity contribution is 0.0959. The molecule has 29 heavy (non-hydrogen) atoms. The summed E-state index contributed by atoms with van der Waals surface area (Å²) in [7, 11) is 2.85. The van der Waals surface area contributed by atoms with Gasteiger partial charge in [0, 0.05) is 49.5 Å². The number of thiophene rings is 1. The van der Waals surface area contributed by atoms with Crippen molar-refractivity contribution in [2.75, 3.05) is 43.4 Å². The number of rotatable bonds is 5. The van der Waals surface area contributed by atoms with Gasteiger partial charge in [-0.15, -0.1) is 20.6 Å². The predicted octanol–water partition coefficient (Wildman–Crippen LogP) is 2.07. The Bertz CT molecular complexity index is 1040. The largest absolute Gasteiger partial charge is 0.397 e. The fourth-order valence-corrected chi connectivity index (χ4v) is 5.16. The summed E-state index contributed by atoms with van der Waals surface area (Å²) in [6.45, 7) is 6.60. The second-order valence-corrected chi connectivity index (χ2v) is 8.91. The molecule has 0 spiro atoms. The molecule has 6 nitrogen and oxygen atoms in total. The van der Waals surface area contributed by atoms with Crippen molar-refractivity contribution >= 4 is 53.4 Å². The van der Waals surface area contributed by atoms with Crippen LogP contribution in [0.3, 0.4) is 0 Å². The van der Waals surface area contributed by atoms with E-state index in [0.717, 1.165) is 48.5 Å². The van der Waals surface area contributed by atoms with Gasteiger partial charge in [-0.2, -0.15) is 0 Å². The molecule has 1 fully saturated rings. The number of aryl methyl sites for hydroxylation is 1. The van der Waals surface area contributed by atoms with Crippen LogP contribution in [0.25, 0.3) is 10.2 Å². The highest BCUT2D eigenvalue weighted by Gasteiger charge is 2.17. The summed E-state index contributed by atoms with van der Waals surface area (Å²) in [5.74, 6) is -0.133. The Kier molecular flexibility index (Phi) is 5.99. The molecule has 3 aromatic rings. The molecule has 1 amide bonds. The molecule has 1 saturated heterocycles. The molecular weight excluding hydrogens is 401 g/mol. The zero-order valence-corrected chi connectivity index (χ0v) is 18.5. The highest BCUT2D eigenvalue weighted by atomic mass is 32.1. The predicted molar refractivity (Wildman–Crippen MR) is 126 cm³/mol. The number of benzene rings is 1. The van der Waals surface area contributed by atoms with E-state index < -0.39 is 0 Å². The first-order valence-corrected chi connectivity index (χ1v) is 11.2. The first kappa shape index (κ1) is 20.1. The molecule has 0 saturated carbocycles. The number of carbonyl (C=O) groups is 1. The molecule has 1 aliphatic heterocycles. The quantitative estimate of drug-likeness (QED) is 0.543. The number of fused-ring (bicyclic) bond motifs is 1. The molecular formula is C21H26N5OPS. The maximum Gasteiger partial charge on any atom is 0.263 e. The third-order valence-corrected chi connectivity index (χ3v) is 6.76. The minimum Gasteiger partial charge on any atom is -0.397 e. The summed E-state index contributed by atoms with van der Waals surface area (Å²) >= 11 is 1.35. The van der Waals surface area contributed by atoms with Crippen LogP contribution in [0.2, 0.25) is 0 Å². The number of amides is 1. The minimum atomic E-state index is -0.133. The smallest absolute Gasteiger partial charge is 0.263 e. The van der Waals surface area contributed by atoms with E-state index in [9.17, 15) is 4.79 Å². The lowest BCUT2D eigenvalue weighted by Gasteiger charge is -2.30. The first-order valence-electron chi connectivity index (χ1n) is 9.81. The molecule has 4 rings (SSSR count). The average molecular weight is 428 g/mol. The molecule has 0 aliphatic carbocycles. The van der Waals surface area contributed by atoms with Gasteiger partial charge in [0.15, 0.2) is 0 Å². The Morgan fingerprint density at radius 1 is 1.31 bits per heavy atom. The van der Waals surface area contributed by atoms with Crippen molar-refractivity contribution in [3.63, 3.8) is 0 Å². The Morgan fingerprint density at radius 3 is 2.86 bits per heavy atom. The van der Waals surface area contributed by atoms with Crippen LogP contribution in [0, 0.1) is 6.92 Å². The van der Waals surface area contributed by atoms with Crippen LogP contribution in [0.15, 0.2) is 30.3 Å². The summed E-state index contributed by atoms with van der Waals surface area (Å²) in [5, 5.41) is 8.43. The number of nitrogens with one attached hydrogen (secondary N) is 2. The number of hydrogen-bond acceptors (Lipinski definition) is 6. The van der Waals surface area contributed by atoms with Gasteiger partial charge in [-0.1, -0.05) is 6.07 Å². The van der Waals surface area contributed by atoms with Gasteiger partial charge in [0.1, 0.15) is 9.71 Å². The normalized spacial score (nSPS) is 14.3. The van der Waals surface area contributed by atoms with E-state index in [4.69, 9.17) is 5.73 Å². The number of nitrogen functional groups attached to an aromatic ring is 1.